The Morgan fingerprint density at radius 1 is 0.690 bits per heavy atom. The number of hydrogen-bond donors (Lipinski definition) is 0. The first-order chi connectivity index (χ1) is 14.0. The Hall–Kier alpha value is -2.60. The SMILES string of the molecule is CCC1=CC=C(c2ccc3c(c2)-c2cc(C4=CC=C(C(C)C(C)C)C4)ccc2-3)C1. The van der Waals surface area contributed by atoms with Crippen LogP contribution in [0.4, 0.5) is 0 Å². The molecule has 0 aliphatic heterocycles. The molecular formula is C29H30. The third-order valence-electron chi connectivity index (χ3n) is 7.23. The smallest absolute Gasteiger partial charge is 0.00553 e. The normalized spacial score (nSPS) is 17.8. The fraction of sp³-hybridized carbons (Fsp3) is 0.310. The third-order valence-corrected chi connectivity index (χ3v) is 7.23. The van der Waals surface area contributed by atoms with Crippen molar-refractivity contribution < 1.29 is 0 Å². The highest BCUT2D eigenvalue weighted by atomic mass is 14.3. The van der Waals surface area contributed by atoms with Crippen LogP contribution in [0.15, 0.2) is 71.8 Å². The van der Waals surface area contributed by atoms with Gasteiger partial charge in [-0.05, 0) is 87.8 Å². The van der Waals surface area contributed by atoms with E-state index >= 15 is 0 Å². The highest BCUT2D eigenvalue weighted by Crippen LogP contribution is 2.50. The molecule has 146 valence electrons. The van der Waals surface area contributed by atoms with Gasteiger partial charge in [0.2, 0.25) is 0 Å². The summed E-state index contributed by atoms with van der Waals surface area (Å²) in [6.45, 7) is 9.25. The van der Waals surface area contributed by atoms with Gasteiger partial charge in [-0.2, -0.15) is 0 Å². The second kappa shape index (κ2) is 7.02. The van der Waals surface area contributed by atoms with Gasteiger partial charge in [0.15, 0.2) is 0 Å². The van der Waals surface area contributed by atoms with E-state index in [1.807, 2.05) is 0 Å². The fourth-order valence-corrected chi connectivity index (χ4v) is 4.85. The largest absolute Gasteiger partial charge is 0.0661 e. The zero-order chi connectivity index (χ0) is 20.1. The summed E-state index contributed by atoms with van der Waals surface area (Å²) >= 11 is 0. The lowest BCUT2D eigenvalue weighted by molar-refractivity contribution is 0.476. The summed E-state index contributed by atoms with van der Waals surface area (Å²) in [6, 6.07) is 14.1. The van der Waals surface area contributed by atoms with Crippen molar-refractivity contribution in [1.82, 2.24) is 0 Å². The third kappa shape index (κ3) is 3.06. The van der Waals surface area contributed by atoms with Crippen LogP contribution in [0.5, 0.6) is 0 Å². The molecule has 2 aromatic rings. The molecule has 0 heterocycles. The monoisotopic (exact) mass is 378 g/mol. The second-order valence-electron chi connectivity index (χ2n) is 9.21. The summed E-state index contributed by atoms with van der Waals surface area (Å²) in [5.74, 6) is 1.35. The molecule has 3 aliphatic carbocycles. The first-order valence-corrected chi connectivity index (χ1v) is 11.1. The summed E-state index contributed by atoms with van der Waals surface area (Å²) in [4.78, 5) is 0. The maximum absolute atomic E-state index is 2.42. The Bertz CT molecular complexity index is 1110. The minimum atomic E-state index is 0.653. The Morgan fingerprint density at radius 3 is 1.83 bits per heavy atom. The number of benzene rings is 2. The molecule has 0 fully saturated rings. The summed E-state index contributed by atoms with van der Waals surface area (Å²) in [7, 11) is 0. The molecule has 0 N–H and O–H groups in total. The Kier molecular flexibility index (Phi) is 4.46. The lowest BCUT2D eigenvalue weighted by atomic mass is 9.77. The van der Waals surface area contributed by atoms with Crippen molar-refractivity contribution in [3.8, 4) is 22.3 Å². The summed E-state index contributed by atoms with van der Waals surface area (Å²) in [6.07, 6.45) is 12.7. The van der Waals surface area contributed by atoms with Gasteiger partial charge in [-0.15, -0.1) is 0 Å². The lowest BCUT2D eigenvalue weighted by Gasteiger charge is -2.26. The van der Waals surface area contributed by atoms with Crippen molar-refractivity contribution in [3.63, 3.8) is 0 Å². The molecule has 0 nitrogen and oxygen atoms in total. The van der Waals surface area contributed by atoms with Crippen LogP contribution in [-0.4, -0.2) is 0 Å². The lowest BCUT2D eigenvalue weighted by Crippen LogP contribution is -2.06. The molecule has 5 rings (SSSR count). The molecule has 0 aromatic heterocycles. The van der Waals surface area contributed by atoms with E-state index in [9.17, 15) is 0 Å². The number of rotatable bonds is 5. The van der Waals surface area contributed by atoms with Gasteiger partial charge in [0, 0.05) is 0 Å². The van der Waals surface area contributed by atoms with Crippen LogP contribution < -0.4 is 0 Å². The quantitative estimate of drug-likeness (QED) is 0.417. The first kappa shape index (κ1) is 18.4. The van der Waals surface area contributed by atoms with Crippen LogP contribution in [0, 0.1) is 11.8 Å². The highest BCUT2D eigenvalue weighted by Gasteiger charge is 2.25. The van der Waals surface area contributed by atoms with Crippen LogP contribution in [0.25, 0.3) is 33.4 Å². The molecule has 29 heavy (non-hydrogen) atoms. The predicted molar refractivity (Wildman–Crippen MR) is 127 cm³/mol. The first-order valence-electron chi connectivity index (χ1n) is 11.1. The zero-order valence-electron chi connectivity index (χ0n) is 18.0. The molecule has 0 saturated carbocycles. The van der Waals surface area contributed by atoms with E-state index in [0.717, 1.165) is 19.3 Å². The molecule has 0 radical (unpaired) electrons. The standard InChI is InChI=1S/C29H30/c1-5-20-6-7-22(14-20)24-10-12-26-27-13-11-25(17-29(27)28(26)16-24)23-9-8-21(15-23)19(4)18(2)3/h6-13,16-19H,5,14-15H2,1-4H3. The van der Waals surface area contributed by atoms with Gasteiger partial charge in [0.05, 0.1) is 0 Å². The minimum Gasteiger partial charge on any atom is -0.0661 e. The van der Waals surface area contributed by atoms with E-state index in [1.54, 1.807) is 5.57 Å². The van der Waals surface area contributed by atoms with Crippen LogP contribution in [-0.2, 0) is 0 Å². The van der Waals surface area contributed by atoms with Crippen LogP contribution in [0.1, 0.15) is 58.1 Å². The van der Waals surface area contributed by atoms with Crippen LogP contribution in [0.3, 0.4) is 0 Å². The summed E-state index contributed by atoms with van der Waals surface area (Å²) in [5, 5.41) is 0. The van der Waals surface area contributed by atoms with E-state index in [4.69, 9.17) is 0 Å². The minimum absolute atomic E-state index is 0.653. The summed E-state index contributed by atoms with van der Waals surface area (Å²) in [5.41, 5.74) is 14.5. The Labute approximate surface area is 175 Å². The van der Waals surface area contributed by atoms with Gasteiger partial charge in [-0.25, -0.2) is 0 Å². The maximum atomic E-state index is 2.42. The molecule has 2 aromatic carbocycles. The molecule has 0 heteroatoms. The van der Waals surface area contributed by atoms with E-state index < -0.39 is 0 Å². The maximum Gasteiger partial charge on any atom is -0.00553 e. The van der Waals surface area contributed by atoms with Gasteiger partial charge >= 0.3 is 0 Å². The van der Waals surface area contributed by atoms with Gasteiger partial charge in [0.25, 0.3) is 0 Å². The fourth-order valence-electron chi connectivity index (χ4n) is 4.85. The van der Waals surface area contributed by atoms with Crippen molar-refractivity contribution in [2.24, 2.45) is 11.8 Å². The van der Waals surface area contributed by atoms with E-state index in [1.165, 1.54) is 50.1 Å². The molecule has 0 spiro atoms. The van der Waals surface area contributed by atoms with Gasteiger partial charge in [-0.1, -0.05) is 87.4 Å². The van der Waals surface area contributed by atoms with Crippen LogP contribution in [0.2, 0.25) is 0 Å². The predicted octanol–water partition coefficient (Wildman–Crippen LogP) is 8.46. The molecule has 1 unspecified atom stereocenters. The summed E-state index contributed by atoms with van der Waals surface area (Å²) < 4.78 is 0. The topological polar surface area (TPSA) is 0 Å². The van der Waals surface area contributed by atoms with E-state index in [-0.39, 0.29) is 0 Å². The average Bonchev–Trinajstić information content (AvgIpc) is 3.40. The zero-order valence-corrected chi connectivity index (χ0v) is 18.0. The number of allylic oxidation sites excluding steroid dienone is 8. The molecule has 0 saturated heterocycles. The molecule has 3 aliphatic rings. The highest BCUT2D eigenvalue weighted by molar-refractivity contribution is 6.04. The number of fused-ring (bicyclic) bond motifs is 4. The molecule has 0 bridgehead atoms. The molecular weight excluding hydrogens is 348 g/mol. The van der Waals surface area contributed by atoms with Crippen molar-refractivity contribution in [1.29, 1.82) is 0 Å². The Morgan fingerprint density at radius 2 is 1.28 bits per heavy atom. The number of hydrogen-bond acceptors (Lipinski definition) is 0. The van der Waals surface area contributed by atoms with E-state index in [0.29, 0.717) is 11.8 Å². The van der Waals surface area contributed by atoms with Gasteiger partial charge in [0.1, 0.15) is 0 Å². The van der Waals surface area contributed by atoms with E-state index in [2.05, 4.69) is 88.4 Å². The van der Waals surface area contributed by atoms with Crippen LogP contribution >= 0.6 is 0 Å². The van der Waals surface area contributed by atoms with Gasteiger partial charge in [-0.3, -0.25) is 0 Å². The van der Waals surface area contributed by atoms with Crippen molar-refractivity contribution in [3.05, 3.63) is 83.0 Å². The molecule has 1 atom stereocenters. The van der Waals surface area contributed by atoms with Gasteiger partial charge < -0.3 is 0 Å². The van der Waals surface area contributed by atoms with Crippen molar-refractivity contribution in [2.75, 3.05) is 0 Å². The van der Waals surface area contributed by atoms with Crippen molar-refractivity contribution >= 4 is 11.1 Å². The molecule has 0 amide bonds. The average molecular weight is 379 g/mol. The second-order valence-corrected chi connectivity index (χ2v) is 9.21. The van der Waals surface area contributed by atoms with Crippen molar-refractivity contribution in [2.45, 2.75) is 47.0 Å². The Balaban J connectivity index is 1.38.